The third kappa shape index (κ3) is 3.96. The molecule has 1 atom stereocenters. The summed E-state index contributed by atoms with van der Waals surface area (Å²) in [7, 11) is 5.17. The molecule has 2 N–H and O–H groups in total. The maximum Gasteiger partial charge on any atom is 0.349 e. The number of hydrogen-bond donors (Lipinski definition) is 2. The summed E-state index contributed by atoms with van der Waals surface area (Å²) < 4.78 is 5.95. The fourth-order valence-corrected chi connectivity index (χ4v) is 3.58. The number of anilines is 1. The molecule has 0 aliphatic heterocycles. The summed E-state index contributed by atoms with van der Waals surface area (Å²) in [4.78, 5) is 42.2. The average molecular weight is 356 g/mol. The van der Waals surface area contributed by atoms with Crippen molar-refractivity contribution in [1.82, 2.24) is 15.6 Å². The summed E-state index contributed by atoms with van der Waals surface area (Å²) in [5, 5.41) is 5.14. The Hall–Kier alpha value is -2.20. The Kier molecular flexibility index (Phi) is 5.16. The first kappa shape index (κ1) is 17.2. The summed E-state index contributed by atoms with van der Waals surface area (Å²) in [6.07, 6.45) is -1.08. The van der Waals surface area contributed by atoms with Crippen LogP contribution >= 0.6 is 22.7 Å². The topological polar surface area (TPSA) is 101 Å². The largest absolute Gasteiger partial charge is 0.448 e. The van der Waals surface area contributed by atoms with Crippen LogP contribution in [0.3, 0.4) is 0 Å². The highest BCUT2D eigenvalue weighted by Crippen LogP contribution is 2.34. The van der Waals surface area contributed by atoms with E-state index in [1.165, 1.54) is 36.6 Å². The van der Waals surface area contributed by atoms with E-state index in [1.54, 1.807) is 6.07 Å². The van der Waals surface area contributed by atoms with Crippen molar-refractivity contribution in [2.75, 3.05) is 26.0 Å². The number of amides is 3. The van der Waals surface area contributed by atoms with E-state index in [9.17, 15) is 14.4 Å². The predicted molar refractivity (Wildman–Crippen MR) is 89.3 cm³/mol. The van der Waals surface area contributed by atoms with Gasteiger partial charge < -0.3 is 15.0 Å². The van der Waals surface area contributed by atoms with Crippen molar-refractivity contribution in [3.8, 4) is 0 Å². The van der Waals surface area contributed by atoms with Crippen LogP contribution in [0.4, 0.5) is 9.93 Å². The summed E-state index contributed by atoms with van der Waals surface area (Å²) >= 11 is 2.67. The lowest BCUT2D eigenvalue weighted by molar-refractivity contribution is -0.127. The first-order valence-corrected chi connectivity index (χ1v) is 8.26. The zero-order valence-corrected chi connectivity index (χ0v) is 14.6. The molecule has 2 heterocycles. The smallest absolute Gasteiger partial charge is 0.349 e. The zero-order valence-electron chi connectivity index (χ0n) is 13.0. The highest BCUT2D eigenvalue weighted by atomic mass is 32.1. The highest BCUT2D eigenvalue weighted by molar-refractivity contribution is 7.29. The van der Waals surface area contributed by atoms with E-state index < -0.39 is 24.0 Å². The number of carbonyl (C=O) groups excluding carboxylic acids is 3. The van der Waals surface area contributed by atoms with Gasteiger partial charge in [0.15, 0.2) is 11.2 Å². The normalized spacial score (nSPS) is 11.8. The number of aromatic nitrogens is 1. The van der Waals surface area contributed by atoms with Gasteiger partial charge in [-0.15, -0.1) is 11.3 Å². The molecule has 3 amide bonds. The summed E-state index contributed by atoms with van der Waals surface area (Å²) in [5.41, 5.74) is 0. The van der Waals surface area contributed by atoms with Crippen molar-refractivity contribution in [2.24, 2.45) is 0 Å². The fraction of sp³-hybridized carbons (Fsp3) is 0.385. The predicted octanol–water partition coefficient (Wildman–Crippen LogP) is 1.42. The highest BCUT2D eigenvalue weighted by Gasteiger charge is 2.22. The van der Waals surface area contributed by atoms with E-state index in [-0.39, 0.29) is 0 Å². The number of nitrogens with zero attached hydrogens (tertiary/aromatic N) is 2. The molecule has 124 valence electrons. The Morgan fingerprint density at radius 3 is 2.57 bits per heavy atom. The number of rotatable bonds is 4. The summed E-state index contributed by atoms with van der Waals surface area (Å²) in [6, 6.07) is 1.03. The standard InChI is InChI=1S/C13H16N4O4S2/c1-6(9(18)15-12(20)14-2)21-11(19)8-5-7-10(22-8)16-13(23-7)17(3)4/h5-6H,1-4H3,(H2,14,15,18,20). The summed E-state index contributed by atoms with van der Waals surface area (Å²) in [6.45, 7) is 1.40. The fourth-order valence-electron chi connectivity index (χ4n) is 1.56. The SMILES string of the molecule is CNC(=O)NC(=O)C(C)OC(=O)c1cc2sc(N(C)C)nc2s1. The van der Waals surface area contributed by atoms with Crippen LogP contribution in [0.1, 0.15) is 16.6 Å². The van der Waals surface area contributed by atoms with Crippen LogP contribution in [-0.4, -0.2) is 50.1 Å². The lowest BCUT2D eigenvalue weighted by atomic mass is 10.3. The van der Waals surface area contributed by atoms with Gasteiger partial charge in [0.1, 0.15) is 9.71 Å². The van der Waals surface area contributed by atoms with Gasteiger partial charge in [0, 0.05) is 21.1 Å². The van der Waals surface area contributed by atoms with Crippen LogP contribution in [0.25, 0.3) is 9.53 Å². The molecule has 0 radical (unpaired) electrons. The van der Waals surface area contributed by atoms with Crippen molar-refractivity contribution >= 4 is 55.2 Å². The Morgan fingerprint density at radius 1 is 1.30 bits per heavy atom. The quantitative estimate of drug-likeness (QED) is 0.804. The van der Waals surface area contributed by atoms with Gasteiger partial charge in [-0.05, 0) is 13.0 Å². The molecule has 10 heteroatoms. The second kappa shape index (κ2) is 6.92. The third-order valence-electron chi connectivity index (χ3n) is 2.78. The number of thiophene rings is 1. The first-order valence-electron chi connectivity index (χ1n) is 6.63. The third-order valence-corrected chi connectivity index (χ3v) is 5.09. The zero-order chi connectivity index (χ0) is 17.1. The number of ether oxygens (including phenoxy) is 1. The molecule has 8 nitrogen and oxygen atoms in total. The van der Waals surface area contributed by atoms with Gasteiger partial charge in [-0.25, -0.2) is 14.6 Å². The van der Waals surface area contributed by atoms with Gasteiger partial charge in [0.25, 0.3) is 5.91 Å². The van der Waals surface area contributed by atoms with Gasteiger partial charge in [0.2, 0.25) is 0 Å². The van der Waals surface area contributed by atoms with E-state index in [2.05, 4.69) is 10.3 Å². The van der Waals surface area contributed by atoms with Crippen molar-refractivity contribution in [1.29, 1.82) is 0 Å². The number of thiazole rings is 1. The van der Waals surface area contributed by atoms with E-state index in [4.69, 9.17) is 4.74 Å². The van der Waals surface area contributed by atoms with Crippen molar-refractivity contribution in [3.05, 3.63) is 10.9 Å². The molecule has 2 aromatic rings. The maximum absolute atomic E-state index is 12.1. The molecule has 0 aliphatic rings. The Balaban J connectivity index is 2.04. The van der Waals surface area contributed by atoms with Gasteiger partial charge in [-0.3, -0.25) is 10.1 Å². The molecule has 1 unspecified atom stereocenters. The molecule has 23 heavy (non-hydrogen) atoms. The van der Waals surface area contributed by atoms with E-state index in [0.717, 1.165) is 14.7 Å². The van der Waals surface area contributed by atoms with E-state index >= 15 is 0 Å². The van der Waals surface area contributed by atoms with Crippen LogP contribution in [0.2, 0.25) is 0 Å². The van der Waals surface area contributed by atoms with Crippen molar-refractivity contribution in [3.63, 3.8) is 0 Å². The van der Waals surface area contributed by atoms with Crippen LogP contribution in [0, 0.1) is 0 Å². The minimum atomic E-state index is -1.08. The number of fused-ring (bicyclic) bond motifs is 1. The molecule has 0 spiro atoms. The molecule has 0 fully saturated rings. The second-order valence-corrected chi connectivity index (χ2v) is 6.83. The van der Waals surface area contributed by atoms with E-state index in [1.807, 2.05) is 24.3 Å². The number of urea groups is 1. The molecule has 0 saturated carbocycles. The van der Waals surface area contributed by atoms with Crippen LogP contribution < -0.4 is 15.5 Å². The Bertz CT molecular complexity index is 721. The average Bonchev–Trinajstić information content (AvgIpc) is 3.05. The molecule has 0 aliphatic carbocycles. The van der Waals surface area contributed by atoms with Gasteiger partial charge >= 0.3 is 12.0 Å². The molecule has 0 aromatic carbocycles. The Morgan fingerprint density at radius 2 is 2.00 bits per heavy atom. The first-order chi connectivity index (χ1) is 10.8. The molecule has 0 bridgehead atoms. The molecule has 2 rings (SSSR count). The number of esters is 1. The van der Waals surface area contributed by atoms with Crippen molar-refractivity contribution < 1.29 is 19.1 Å². The number of carbonyl (C=O) groups is 3. The minimum Gasteiger partial charge on any atom is -0.448 e. The number of imide groups is 1. The summed E-state index contributed by atoms with van der Waals surface area (Å²) in [5.74, 6) is -1.31. The van der Waals surface area contributed by atoms with Crippen LogP contribution in [0.15, 0.2) is 6.07 Å². The van der Waals surface area contributed by atoms with Crippen molar-refractivity contribution in [2.45, 2.75) is 13.0 Å². The molecular weight excluding hydrogens is 340 g/mol. The minimum absolute atomic E-state index is 0.364. The van der Waals surface area contributed by atoms with Gasteiger partial charge in [-0.1, -0.05) is 11.3 Å². The van der Waals surface area contributed by atoms with Crippen LogP contribution in [-0.2, 0) is 9.53 Å². The second-order valence-electron chi connectivity index (χ2n) is 4.79. The maximum atomic E-state index is 12.1. The lowest BCUT2D eigenvalue weighted by Gasteiger charge is -2.11. The lowest BCUT2D eigenvalue weighted by Crippen LogP contribution is -2.43. The van der Waals surface area contributed by atoms with E-state index in [0.29, 0.717) is 4.88 Å². The number of hydrogen-bond acceptors (Lipinski definition) is 8. The van der Waals surface area contributed by atoms with Gasteiger partial charge in [-0.2, -0.15) is 0 Å². The monoisotopic (exact) mass is 356 g/mol. The Labute approximate surface area is 140 Å². The van der Waals surface area contributed by atoms with Crippen LogP contribution in [0.5, 0.6) is 0 Å². The molecule has 0 saturated heterocycles. The molecular formula is C13H16N4O4S2. The number of nitrogens with one attached hydrogen (secondary N) is 2. The molecule has 2 aromatic heterocycles. The van der Waals surface area contributed by atoms with Gasteiger partial charge in [0.05, 0.1) is 4.70 Å².